The first-order chi connectivity index (χ1) is 6.97. The van der Waals surface area contributed by atoms with E-state index in [2.05, 4.69) is 20.5 Å². The lowest BCUT2D eigenvalue weighted by Gasteiger charge is -2.08. The van der Waals surface area contributed by atoms with Crippen molar-refractivity contribution in [2.24, 2.45) is 0 Å². The lowest BCUT2D eigenvalue weighted by Crippen LogP contribution is -2.40. The van der Waals surface area contributed by atoms with E-state index in [9.17, 15) is 18.0 Å². The summed E-state index contributed by atoms with van der Waals surface area (Å²) in [6.45, 7) is -1.38. The second-order valence-electron chi connectivity index (χ2n) is 2.58. The number of hydrogen-bond donors (Lipinski definition) is 3. The number of aromatic amines is 1. The van der Waals surface area contributed by atoms with Crippen LogP contribution in [0.25, 0.3) is 0 Å². The van der Waals surface area contributed by atoms with E-state index in [0.717, 1.165) is 0 Å². The molecule has 2 amide bonds. The largest absolute Gasteiger partial charge is 0.405 e. The molecule has 0 saturated heterocycles. The second kappa shape index (κ2) is 4.62. The fraction of sp³-hybridized carbons (Fsp3) is 0.500. The molecule has 1 aromatic heterocycles. The van der Waals surface area contributed by atoms with Gasteiger partial charge in [0.25, 0.3) is 0 Å². The lowest BCUT2D eigenvalue weighted by atomic mass is 10.6. The minimum Gasteiger partial charge on any atom is -0.331 e. The van der Waals surface area contributed by atoms with Crippen molar-refractivity contribution in [1.29, 1.82) is 0 Å². The van der Waals surface area contributed by atoms with Gasteiger partial charge in [-0.1, -0.05) is 0 Å². The van der Waals surface area contributed by atoms with Gasteiger partial charge in [-0.3, -0.25) is 5.10 Å². The van der Waals surface area contributed by atoms with E-state index in [1.165, 1.54) is 6.33 Å². The third-order valence-corrected chi connectivity index (χ3v) is 1.33. The zero-order valence-electron chi connectivity index (χ0n) is 7.43. The minimum absolute atomic E-state index is 0.0102. The van der Waals surface area contributed by atoms with E-state index < -0.39 is 18.8 Å². The highest BCUT2D eigenvalue weighted by Crippen LogP contribution is 2.11. The van der Waals surface area contributed by atoms with Crippen LogP contribution in [0.15, 0.2) is 6.33 Å². The van der Waals surface area contributed by atoms with E-state index in [1.54, 1.807) is 5.32 Å². The van der Waals surface area contributed by atoms with Crippen molar-refractivity contribution in [1.82, 2.24) is 25.8 Å². The molecule has 15 heavy (non-hydrogen) atoms. The number of amides is 2. The number of alkyl halides is 3. The second-order valence-corrected chi connectivity index (χ2v) is 2.58. The molecule has 6 nitrogen and oxygen atoms in total. The Morgan fingerprint density at radius 1 is 1.47 bits per heavy atom. The molecule has 1 aromatic rings. The molecule has 0 radical (unpaired) electrons. The van der Waals surface area contributed by atoms with Crippen molar-refractivity contribution in [2.75, 3.05) is 6.54 Å². The first kappa shape index (κ1) is 11.3. The fourth-order valence-corrected chi connectivity index (χ4v) is 0.723. The van der Waals surface area contributed by atoms with Crippen LogP contribution in [-0.2, 0) is 6.54 Å². The number of H-pyrrole nitrogens is 1. The molecule has 1 rings (SSSR count). The molecule has 1 heterocycles. The van der Waals surface area contributed by atoms with Gasteiger partial charge in [0.15, 0.2) is 0 Å². The summed E-state index contributed by atoms with van der Waals surface area (Å²) in [6, 6.07) is -0.913. The van der Waals surface area contributed by atoms with Crippen LogP contribution in [-0.4, -0.2) is 33.9 Å². The third kappa shape index (κ3) is 4.84. The third-order valence-electron chi connectivity index (χ3n) is 1.33. The monoisotopic (exact) mass is 223 g/mol. The molecule has 9 heteroatoms. The Morgan fingerprint density at radius 3 is 2.73 bits per heavy atom. The maximum atomic E-state index is 11.7. The summed E-state index contributed by atoms with van der Waals surface area (Å²) >= 11 is 0. The highest BCUT2D eigenvalue weighted by molar-refractivity contribution is 5.73. The molecule has 0 aliphatic rings. The fourth-order valence-electron chi connectivity index (χ4n) is 0.723. The Bertz CT molecular complexity index is 309. The number of aromatic nitrogens is 3. The Morgan fingerprint density at radius 2 is 2.20 bits per heavy atom. The first-order valence-corrected chi connectivity index (χ1v) is 3.90. The van der Waals surface area contributed by atoms with Gasteiger partial charge >= 0.3 is 12.2 Å². The zero-order chi connectivity index (χ0) is 11.3. The van der Waals surface area contributed by atoms with Crippen LogP contribution < -0.4 is 10.6 Å². The van der Waals surface area contributed by atoms with Crippen molar-refractivity contribution in [3.8, 4) is 0 Å². The molecular formula is C6H8F3N5O. The number of halogens is 3. The molecule has 0 saturated carbocycles. The predicted molar refractivity (Wildman–Crippen MR) is 42.7 cm³/mol. The van der Waals surface area contributed by atoms with Crippen molar-refractivity contribution < 1.29 is 18.0 Å². The van der Waals surface area contributed by atoms with Crippen LogP contribution in [0, 0.1) is 0 Å². The Kier molecular flexibility index (Phi) is 3.47. The molecule has 0 aliphatic carbocycles. The van der Waals surface area contributed by atoms with Crippen LogP contribution in [0.3, 0.4) is 0 Å². The highest BCUT2D eigenvalue weighted by atomic mass is 19.4. The summed E-state index contributed by atoms with van der Waals surface area (Å²) in [4.78, 5) is 14.5. The number of nitrogens with zero attached hydrogens (tertiary/aromatic N) is 2. The molecular weight excluding hydrogens is 215 g/mol. The number of hydrogen-bond acceptors (Lipinski definition) is 3. The van der Waals surface area contributed by atoms with Gasteiger partial charge in [0, 0.05) is 0 Å². The Hall–Kier alpha value is -1.80. The average molecular weight is 223 g/mol. The van der Waals surface area contributed by atoms with Gasteiger partial charge in [0.05, 0.1) is 6.54 Å². The number of carbonyl (C=O) groups excluding carboxylic acids is 1. The normalized spacial score (nSPS) is 11.1. The van der Waals surface area contributed by atoms with Gasteiger partial charge in [0.2, 0.25) is 0 Å². The van der Waals surface area contributed by atoms with Crippen LogP contribution in [0.4, 0.5) is 18.0 Å². The van der Waals surface area contributed by atoms with Crippen LogP contribution >= 0.6 is 0 Å². The molecule has 0 bridgehead atoms. The SMILES string of the molecule is O=C(NCc1ncn[nH]1)NCC(F)(F)F. The predicted octanol–water partition coefficient (Wildman–Crippen LogP) is 0.166. The maximum absolute atomic E-state index is 11.7. The summed E-state index contributed by atoms with van der Waals surface area (Å²) in [5.74, 6) is 0.358. The van der Waals surface area contributed by atoms with Gasteiger partial charge in [-0.2, -0.15) is 18.3 Å². The van der Waals surface area contributed by atoms with Crippen molar-refractivity contribution >= 4 is 6.03 Å². The molecule has 0 atom stereocenters. The molecule has 0 fully saturated rings. The van der Waals surface area contributed by atoms with Crippen LogP contribution in [0.5, 0.6) is 0 Å². The van der Waals surface area contributed by atoms with Crippen molar-refractivity contribution in [3.63, 3.8) is 0 Å². The smallest absolute Gasteiger partial charge is 0.331 e. The van der Waals surface area contributed by atoms with E-state index >= 15 is 0 Å². The van der Waals surface area contributed by atoms with E-state index in [-0.39, 0.29) is 6.54 Å². The van der Waals surface area contributed by atoms with Crippen molar-refractivity contribution in [2.45, 2.75) is 12.7 Å². The van der Waals surface area contributed by atoms with E-state index in [1.807, 2.05) is 0 Å². The minimum atomic E-state index is -4.41. The van der Waals surface area contributed by atoms with E-state index in [0.29, 0.717) is 5.82 Å². The van der Waals surface area contributed by atoms with Gasteiger partial charge < -0.3 is 10.6 Å². The van der Waals surface area contributed by atoms with Crippen LogP contribution in [0.2, 0.25) is 0 Å². The molecule has 3 N–H and O–H groups in total. The number of rotatable bonds is 3. The first-order valence-electron chi connectivity index (χ1n) is 3.90. The van der Waals surface area contributed by atoms with Crippen LogP contribution in [0.1, 0.15) is 5.82 Å². The molecule has 0 unspecified atom stereocenters. The summed E-state index contributed by atoms with van der Waals surface area (Å²) in [5, 5.41) is 9.76. The summed E-state index contributed by atoms with van der Waals surface area (Å²) in [7, 11) is 0. The summed E-state index contributed by atoms with van der Waals surface area (Å²) < 4.78 is 35.0. The number of carbonyl (C=O) groups is 1. The van der Waals surface area contributed by atoms with Gasteiger partial charge in [-0.25, -0.2) is 9.78 Å². The number of urea groups is 1. The zero-order valence-corrected chi connectivity index (χ0v) is 7.43. The molecule has 0 spiro atoms. The van der Waals surface area contributed by atoms with Gasteiger partial charge in [0.1, 0.15) is 18.7 Å². The molecule has 0 aromatic carbocycles. The summed E-state index contributed by atoms with van der Waals surface area (Å²) in [5.41, 5.74) is 0. The molecule has 0 aliphatic heterocycles. The summed E-state index contributed by atoms with van der Waals surface area (Å²) in [6.07, 6.45) is -3.19. The highest BCUT2D eigenvalue weighted by Gasteiger charge is 2.27. The lowest BCUT2D eigenvalue weighted by molar-refractivity contribution is -0.122. The Balaban J connectivity index is 2.20. The van der Waals surface area contributed by atoms with Gasteiger partial charge in [-0.05, 0) is 0 Å². The van der Waals surface area contributed by atoms with Crippen molar-refractivity contribution in [3.05, 3.63) is 12.2 Å². The van der Waals surface area contributed by atoms with Gasteiger partial charge in [-0.15, -0.1) is 0 Å². The number of nitrogens with one attached hydrogen (secondary N) is 3. The topological polar surface area (TPSA) is 82.7 Å². The van der Waals surface area contributed by atoms with E-state index in [4.69, 9.17) is 0 Å². The standard InChI is InChI=1S/C6H8F3N5O/c7-6(8,9)2-11-5(15)10-1-4-12-3-13-14-4/h3H,1-2H2,(H2,10,11,15)(H,12,13,14). The quantitative estimate of drug-likeness (QED) is 0.682. The molecule has 84 valence electrons. The Labute approximate surface area is 82.3 Å². The average Bonchev–Trinajstić information content (AvgIpc) is 2.62. The maximum Gasteiger partial charge on any atom is 0.405 e.